The van der Waals surface area contributed by atoms with Crippen molar-refractivity contribution in [3.05, 3.63) is 22.7 Å². The molecule has 6 heavy (non-hydrogen) atoms. The van der Waals surface area contributed by atoms with Crippen LogP contribution in [0.2, 0.25) is 0 Å². The van der Waals surface area contributed by atoms with E-state index in [1.54, 1.807) is 0 Å². The molecular formula is C5H5Se. The van der Waals surface area contributed by atoms with Crippen LogP contribution in [-0.4, -0.2) is 16.0 Å². The first kappa shape index (κ1) is 4.17. The predicted octanol–water partition coefficient (Wildman–Crippen LogP) is 0.999. The van der Waals surface area contributed by atoms with Crippen LogP contribution in [0.4, 0.5) is 0 Å². The molecule has 0 nitrogen and oxygen atoms in total. The van der Waals surface area contributed by atoms with Gasteiger partial charge < -0.3 is 0 Å². The summed E-state index contributed by atoms with van der Waals surface area (Å²) in [6.45, 7) is 0. The Morgan fingerprint density at radius 3 is 2.67 bits per heavy atom. The maximum atomic E-state index is 2.91. The molecule has 0 aromatic carbocycles. The van der Waals surface area contributed by atoms with E-state index in [-0.39, 0.29) is 0 Å². The number of hydrogen-bond acceptors (Lipinski definition) is 0. The summed E-state index contributed by atoms with van der Waals surface area (Å²) < 4.78 is 1.27. The summed E-state index contributed by atoms with van der Waals surface area (Å²) >= 11 is 2.91. The van der Waals surface area contributed by atoms with Gasteiger partial charge in [0.05, 0.1) is 0 Å². The molecule has 1 rings (SSSR count). The summed E-state index contributed by atoms with van der Waals surface area (Å²) in [6.07, 6.45) is 7.48. The third-order valence-electron chi connectivity index (χ3n) is 0.737. The Hall–Kier alpha value is -0.000519. The number of allylic oxidation sites excluding steroid dienone is 4. The number of hydrogen-bond donors (Lipinski definition) is 0. The van der Waals surface area contributed by atoms with Crippen LogP contribution >= 0.6 is 0 Å². The maximum absolute atomic E-state index is 2.91. The van der Waals surface area contributed by atoms with Crippen molar-refractivity contribution in [3.63, 3.8) is 0 Å². The molecule has 0 atom stereocenters. The molecule has 31 valence electrons. The van der Waals surface area contributed by atoms with Crippen molar-refractivity contribution in [2.24, 2.45) is 0 Å². The molecule has 0 saturated carbocycles. The molecule has 0 saturated heterocycles. The summed E-state index contributed by atoms with van der Waals surface area (Å²) in [5.41, 5.74) is 0. The van der Waals surface area contributed by atoms with Crippen molar-refractivity contribution in [1.82, 2.24) is 0 Å². The standard InChI is InChI=1S/C5H5Se/c6-5-3-1-2-4-5/h1,3-4H,2H2. The minimum atomic E-state index is 1.11. The second-order valence-corrected chi connectivity index (χ2v) is 2.23. The van der Waals surface area contributed by atoms with Crippen molar-refractivity contribution in [1.29, 1.82) is 0 Å². The normalized spacial score (nSPS) is 18.3. The van der Waals surface area contributed by atoms with E-state index in [9.17, 15) is 0 Å². The summed E-state index contributed by atoms with van der Waals surface area (Å²) in [4.78, 5) is 0. The van der Waals surface area contributed by atoms with Gasteiger partial charge in [-0.3, -0.25) is 0 Å². The van der Waals surface area contributed by atoms with Gasteiger partial charge in [-0.15, -0.1) is 0 Å². The number of rotatable bonds is 0. The second kappa shape index (κ2) is 1.63. The molecule has 1 heteroatoms. The van der Waals surface area contributed by atoms with Gasteiger partial charge in [-0.2, -0.15) is 0 Å². The zero-order valence-corrected chi connectivity index (χ0v) is 5.06. The van der Waals surface area contributed by atoms with E-state index in [2.05, 4.69) is 34.2 Å². The topological polar surface area (TPSA) is 0 Å². The van der Waals surface area contributed by atoms with Crippen LogP contribution in [0.1, 0.15) is 6.42 Å². The van der Waals surface area contributed by atoms with Crippen molar-refractivity contribution < 1.29 is 0 Å². The SMILES string of the molecule is [Se]C1=CCC=C1. The molecule has 1 aliphatic rings. The molecule has 0 bridgehead atoms. The van der Waals surface area contributed by atoms with Crippen molar-refractivity contribution in [3.8, 4) is 0 Å². The van der Waals surface area contributed by atoms with Crippen LogP contribution in [0.25, 0.3) is 0 Å². The zero-order chi connectivity index (χ0) is 4.41. The van der Waals surface area contributed by atoms with Crippen LogP contribution < -0.4 is 0 Å². The molecular weight excluding hydrogens is 139 g/mol. The van der Waals surface area contributed by atoms with Crippen LogP contribution in [0.3, 0.4) is 0 Å². The fraction of sp³-hybridized carbons (Fsp3) is 0.200. The first-order valence-corrected chi connectivity index (χ1v) is 2.79. The molecule has 0 amide bonds. The average molecular weight is 144 g/mol. The summed E-state index contributed by atoms with van der Waals surface area (Å²) in [5.74, 6) is 0. The minimum absolute atomic E-state index is 1.11. The summed E-state index contributed by atoms with van der Waals surface area (Å²) in [7, 11) is 0. The Labute approximate surface area is 45.7 Å². The Morgan fingerprint density at radius 2 is 2.50 bits per heavy atom. The molecule has 0 N–H and O–H groups in total. The second-order valence-electron chi connectivity index (χ2n) is 1.24. The first-order valence-electron chi connectivity index (χ1n) is 1.93. The van der Waals surface area contributed by atoms with Gasteiger partial charge in [0.25, 0.3) is 0 Å². The molecule has 1 aliphatic carbocycles. The fourth-order valence-electron chi connectivity index (χ4n) is 0.436. The van der Waals surface area contributed by atoms with Crippen LogP contribution in [-0.2, 0) is 0 Å². The van der Waals surface area contributed by atoms with Gasteiger partial charge in [-0.25, -0.2) is 0 Å². The van der Waals surface area contributed by atoms with E-state index in [4.69, 9.17) is 0 Å². The van der Waals surface area contributed by atoms with Gasteiger partial charge in [0, 0.05) is 0 Å². The fourth-order valence-corrected chi connectivity index (χ4v) is 0.840. The molecule has 0 aliphatic heterocycles. The Balaban J connectivity index is 2.68. The van der Waals surface area contributed by atoms with Crippen LogP contribution in [0.15, 0.2) is 22.7 Å². The van der Waals surface area contributed by atoms with Gasteiger partial charge in [0.2, 0.25) is 0 Å². The van der Waals surface area contributed by atoms with Gasteiger partial charge in [0.1, 0.15) is 0 Å². The van der Waals surface area contributed by atoms with Gasteiger partial charge in [-0.05, 0) is 0 Å². The molecule has 0 fully saturated rings. The first-order chi connectivity index (χ1) is 2.89. The Bertz CT molecular complexity index is 97.8. The van der Waals surface area contributed by atoms with Crippen molar-refractivity contribution >= 4 is 16.0 Å². The Kier molecular flexibility index (Phi) is 1.13. The van der Waals surface area contributed by atoms with Gasteiger partial charge in [0.15, 0.2) is 0 Å². The van der Waals surface area contributed by atoms with Gasteiger partial charge >= 0.3 is 45.1 Å². The molecule has 0 unspecified atom stereocenters. The predicted molar refractivity (Wildman–Crippen MR) is 27.6 cm³/mol. The third-order valence-corrected chi connectivity index (χ3v) is 1.37. The van der Waals surface area contributed by atoms with Crippen LogP contribution in [0.5, 0.6) is 0 Å². The van der Waals surface area contributed by atoms with Gasteiger partial charge in [-0.1, -0.05) is 0 Å². The van der Waals surface area contributed by atoms with Crippen LogP contribution in [0, 0.1) is 0 Å². The summed E-state index contributed by atoms with van der Waals surface area (Å²) in [6, 6.07) is 0. The zero-order valence-electron chi connectivity index (χ0n) is 3.35. The Morgan fingerprint density at radius 1 is 1.67 bits per heavy atom. The molecule has 1 radical (unpaired) electrons. The quantitative estimate of drug-likeness (QED) is 0.445. The van der Waals surface area contributed by atoms with Crippen molar-refractivity contribution in [2.75, 3.05) is 0 Å². The molecule has 0 aromatic rings. The van der Waals surface area contributed by atoms with E-state index < -0.39 is 0 Å². The van der Waals surface area contributed by atoms with E-state index in [1.165, 1.54) is 4.47 Å². The van der Waals surface area contributed by atoms with E-state index in [0.717, 1.165) is 6.42 Å². The monoisotopic (exact) mass is 145 g/mol. The van der Waals surface area contributed by atoms with E-state index in [0.29, 0.717) is 0 Å². The van der Waals surface area contributed by atoms with Crippen molar-refractivity contribution in [2.45, 2.75) is 6.42 Å². The average Bonchev–Trinajstić information content (AvgIpc) is 1.86. The van der Waals surface area contributed by atoms with E-state index in [1.807, 2.05) is 0 Å². The summed E-state index contributed by atoms with van der Waals surface area (Å²) in [5, 5.41) is 0. The molecule has 0 heterocycles. The third kappa shape index (κ3) is 0.734. The molecule has 0 aromatic heterocycles. The van der Waals surface area contributed by atoms with E-state index >= 15 is 0 Å². The molecule has 0 spiro atoms.